The summed E-state index contributed by atoms with van der Waals surface area (Å²) in [5.41, 5.74) is 1.95. The number of nitrogens with zero attached hydrogens (tertiary/aromatic N) is 1. The first-order valence-electron chi connectivity index (χ1n) is 8.46. The van der Waals surface area contributed by atoms with Crippen LogP contribution in [0.25, 0.3) is 0 Å². The Labute approximate surface area is 164 Å². The van der Waals surface area contributed by atoms with Crippen LogP contribution >= 0.6 is 0 Å². The molecule has 2 N–H and O–H groups in total. The van der Waals surface area contributed by atoms with Crippen molar-refractivity contribution in [3.63, 3.8) is 0 Å². The molecule has 0 saturated carbocycles. The molecule has 2 aromatic carbocycles. The van der Waals surface area contributed by atoms with Gasteiger partial charge in [-0.05, 0) is 67.1 Å². The Kier molecular flexibility index (Phi) is 5.70. The molecular weight excluding hydrogens is 378 g/mol. The van der Waals surface area contributed by atoms with Gasteiger partial charge in [0.1, 0.15) is 17.3 Å². The molecule has 0 unspecified atom stereocenters. The standard InChI is InChI=1S/C20H21N3O4S/c1-14-12-18(9-10-19(14)27-3)28(24,25)23-16-6-11-20(21-13-16)22-15-4-7-17(26-2)8-5-15/h4-13,23H,1-3H3,(H,21,22). The third kappa shape index (κ3) is 4.52. The van der Waals surface area contributed by atoms with Crippen molar-refractivity contribution in [2.75, 3.05) is 24.3 Å². The molecule has 0 fully saturated rings. The average molecular weight is 399 g/mol. The molecule has 0 aliphatic carbocycles. The van der Waals surface area contributed by atoms with Gasteiger partial charge in [-0.1, -0.05) is 0 Å². The first kappa shape index (κ1) is 19.5. The van der Waals surface area contributed by atoms with Crippen molar-refractivity contribution in [2.45, 2.75) is 11.8 Å². The molecule has 1 heterocycles. The molecule has 3 rings (SSSR count). The van der Waals surface area contributed by atoms with E-state index in [0.717, 1.165) is 17.0 Å². The lowest BCUT2D eigenvalue weighted by Crippen LogP contribution is -2.13. The van der Waals surface area contributed by atoms with E-state index < -0.39 is 10.0 Å². The second kappa shape index (κ2) is 8.18. The number of hydrogen-bond acceptors (Lipinski definition) is 6. The zero-order chi connectivity index (χ0) is 20.1. The highest BCUT2D eigenvalue weighted by Crippen LogP contribution is 2.24. The summed E-state index contributed by atoms with van der Waals surface area (Å²) >= 11 is 0. The molecule has 146 valence electrons. The minimum absolute atomic E-state index is 0.159. The van der Waals surface area contributed by atoms with E-state index in [2.05, 4.69) is 15.0 Å². The summed E-state index contributed by atoms with van der Waals surface area (Å²) in [4.78, 5) is 4.41. The molecule has 7 nitrogen and oxygen atoms in total. The van der Waals surface area contributed by atoms with Crippen LogP contribution in [-0.2, 0) is 10.0 Å². The molecule has 8 heteroatoms. The van der Waals surface area contributed by atoms with Crippen LogP contribution in [-0.4, -0.2) is 27.6 Å². The van der Waals surface area contributed by atoms with E-state index in [9.17, 15) is 8.42 Å². The lowest BCUT2D eigenvalue weighted by molar-refractivity contribution is 0.411. The van der Waals surface area contributed by atoms with Gasteiger partial charge in [0.15, 0.2) is 0 Å². The van der Waals surface area contributed by atoms with Gasteiger partial charge < -0.3 is 14.8 Å². The molecule has 0 aliphatic heterocycles. The van der Waals surface area contributed by atoms with Gasteiger partial charge in [-0.25, -0.2) is 13.4 Å². The molecular formula is C20H21N3O4S. The van der Waals surface area contributed by atoms with Gasteiger partial charge in [-0.2, -0.15) is 0 Å². The predicted molar refractivity (Wildman–Crippen MR) is 109 cm³/mol. The van der Waals surface area contributed by atoms with Gasteiger partial charge >= 0.3 is 0 Å². The minimum Gasteiger partial charge on any atom is -0.497 e. The van der Waals surface area contributed by atoms with E-state index in [1.54, 1.807) is 45.4 Å². The van der Waals surface area contributed by atoms with E-state index in [-0.39, 0.29) is 4.90 Å². The zero-order valence-corrected chi connectivity index (χ0v) is 16.6. The summed E-state index contributed by atoms with van der Waals surface area (Å²) in [6, 6.07) is 15.4. The van der Waals surface area contributed by atoms with Crippen LogP contribution in [0.5, 0.6) is 11.5 Å². The molecule has 0 aliphatic rings. The Balaban J connectivity index is 1.71. The summed E-state index contributed by atoms with van der Waals surface area (Å²) < 4.78 is 38.0. The van der Waals surface area contributed by atoms with E-state index in [0.29, 0.717) is 17.3 Å². The van der Waals surface area contributed by atoms with E-state index in [1.165, 1.54) is 12.3 Å². The Morgan fingerprint density at radius 3 is 2.18 bits per heavy atom. The van der Waals surface area contributed by atoms with E-state index in [4.69, 9.17) is 9.47 Å². The number of rotatable bonds is 7. The summed E-state index contributed by atoms with van der Waals surface area (Å²) in [6.07, 6.45) is 1.46. The number of hydrogen-bond donors (Lipinski definition) is 2. The van der Waals surface area contributed by atoms with Crippen LogP contribution in [0.15, 0.2) is 65.7 Å². The van der Waals surface area contributed by atoms with Gasteiger partial charge in [0.25, 0.3) is 10.0 Å². The first-order valence-corrected chi connectivity index (χ1v) is 9.94. The van der Waals surface area contributed by atoms with Crippen molar-refractivity contribution in [2.24, 2.45) is 0 Å². The van der Waals surface area contributed by atoms with Crippen LogP contribution in [0.1, 0.15) is 5.56 Å². The van der Waals surface area contributed by atoms with Gasteiger partial charge in [0.2, 0.25) is 0 Å². The van der Waals surface area contributed by atoms with Crippen molar-refractivity contribution in [3.05, 3.63) is 66.4 Å². The number of aryl methyl sites for hydroxylation is 1. The fraction of sp³-hybridized carbons (Fsp3) is 0.150. The summed E-state index contributed by atoms with van der Waals surface area (Å²) in [5, 5.41) is 3.14. The maximum Gasteiger partial charge on any atom is 0.261 e. The Morgan fingerprint density at radius 2 is 1.61 bits per heavy atom. The number of pyridine rings is 1. The van der Waals surface area contributed by atoms with Crippen molar-refractivity contribution in [1.29, 1.82) is 0 Å². The summed E-state index contributed by atoms with van der Waals surface area (Å²) in [5.74, 6) is 1.99. The Bertz CT molecular complexity index is 1050. The maximum absolute atomic E-state index is 12.6. The van der Waals surface area contributed by atoms with Gasteiger partial charge in [-0.3, -0.25) is 4.72 Å². The highest BCUT2D eigenvalue weighted by atomic mass is 32.2. The number of anilines is 3. The average Bonchev–Trinajstić information content (AvgIpc) is 2.70. The second-order valence-corrected chi connectivity index (χ2v) is 7.70. The van der Waals surface area contributed by atoms with Crippen molar-refractivity contribution in [3.8, 4) is 11.5 Å². The number of sulfonamides is 1. The molecule has 0 atom stereocenters. The molecule has 0 radical (unpaired) electrons. The molecule has 0 saturated heterocycles. The highest BCUT2D eigenvalue weighted by molar-refractivity contribution is 7.92. The fourth-order valence-electron chi connectivity index (χ4n) is 2.58. The summed E-state index contributed by atoms with van der Waals surface area (Å²) in [6.45, 7) is 1.79. The zero-order valence-electron chi connectivity index (χ0n) is 15.8. The lowest BCUT2D eigenvalue weighted by atomic mass is 10.2. The maximum atomic E-state index is 12.6. The highest BCUT2D eigenvalue weighted by Gasteiger charge is 2.16. The number of ether oxygens (including phenoxy) is 2. The number of methoxy groups -OCH3 is 2. The summed E-state index contributed by atoms with van der Waals surface area (Å²) in [7, 11) is -0.568. The number of aromatic nitrogens is 1. The van der Waals surface area contributed by atoms with Crippen molar-refractivity contribution < 1.29 is 17.9 Å². The minimum atomic E-state index is -3.72. The topological polar surface area (TPSA) is 89.6 Å². The molecule has 0 amide bonds. The fourth-order valence-corrected chi connectivity index (χ4v) is 3.71. The van der Waals surface area contributed by atoms with Crippen LogP contribution in [0.3, 0.4) is 0 Å². The quantitative estimate of drug-likeness (QED) is 0.625. The third-order valence-corrected chi connectivity index (χ3v) is 5.43. The third-order valence-electron chi connectivity index (χ3n) is 4.05. The smallest absolute Gasteiger partial charge is 0.261 e. The molecule has 0 spiro atoms. The van der Waals surface area contributed by atoms with E-state index >= 15 is 0 Å². The Hall–Kier alpha value is -3.26. The molecule has 3 aromatic rings. The van der Waals surface area contributed by atoms with Gasteiger partial charge in [0.05, 0.1) is 31.0 Å². The van der Waals surface area contributed by atoms with Crippen LogP contribution in [0.2, 0.25) is 0 Å². The van der Waals surface area contributed by atoms with Crippen LogP contribution in [0.4, 0.5) is 17.2 Å². The Morgan fingerprint density at radius 1 is 0.893 bits per heavy atom. The first-order chi connectivity index (χ1) is 13.4. The largest absolute Gasteiger partial charge is 0.497 e. The van der Waals surface area contributed by atoms with Crippen LogP contribution < -0.4 is 19.5 Å². The number of benzene rings is 2. The predicted octanol–water partition coefficient (Wildman–Crippen LogP) is 3.95. The monoisotopic (exact) mass is 399 g/mol. The van der Waals surface area contributed by atoms with Crippen LogP contribution in [0, 0.1) is 6.92 Å². The molecule has 28 heavy (non-hydrogen) atoms. The molecule has 0 bridgehead atoms. The lowest BCUT2D eigenvalue weighted by Gasteiger charge is -2.11. The van der Waals surface area contributed by atoms with Crippen molar-refractivity contribution >= 4 is 27.2 Å². The molecule has 1 aromatic heterocycles. The van der Waals surface area contributed by atoms with Gasteiger partial charge in [-0.15, -0.1) is 0 Å². The normalized spacial score (nSPS) is 11.0. The van der Waals surface area contributed by atoms with Crippen molar-refractivity contribution in [1.82, 2.24) is 4.98 Å². The van der Waals surface area contributed by atoms with E-state index in [1.807, 2.05) is 24.3 Å². The SMILES string of the molecule is COc1ccc(Nc2ccc(NS(=O)(=O)c3ccc(OC)c(C)c3)cn2)cc1. The number of nitrogens with one attached hydrogen (secondary N) is 2. The second-order valence-electron chi connectivity index (χ2n) is 6.02. The van der Waals surface area contributed by atoms with Gasteiger partial charge in [0, 0.05) is 5.69 Å².